The molecule has 0 saturated carbocycles. The van der Waals surface area contributed by atoms with Crippen LogP contribution in [0.2, 0.25) is 18.1 Å². The Morgan fingerprint density at radius 1 is 1.27 bits per heavy atom. The molecule has 0 spiro atoms. The largest absolute Gasteiger partial charge is 0.426 e. The van der Waals surface area contributed by atoms with E-state index in [0.717, 1.165) is 11.1 Å². The molecule has 122 valence electrons. The topological polar surface area (TPSA) is 35.5 Å². The first-order chi connectivity index (χ1) is 10.0. The first-order valence-corrected chi connectivity index (χ1v) is 10.5. The molecule has 0 aliphatic carbocycles. The second-order valence-electron chi connectivity index (χ2n) is 7.11. The monoisotopic (exact) mass is 320 g/mol. The van der Waals surface area contributed by atoms with Crippen molar-refractivity contribution in [2.45, 2.75) is 52.8 Å². The quantitative estimate of drug-likeness (QED) is 0.437. The Morgan fingerprint density at radius 2 is 1.91 bits per heavy atom. The highest BCUT2D eigenvalue weighted by Crippen LogP contribution is 2.36. The third kappa shape index (κ3) is 5.43. The maximum Gasteiger partial charge on any atom is 0.308 e. The number of carbonyl (C=O) groups is 1. The van der Waals surface area contributed by atoms with Gasteiger partial charge in [-0.05, 0) is 36.7 Å². The lowest BCUT2D eigenvalue weighted by Crippen LogP contribution is -2.40. The van der Waals surface area contributed by atoms with Crippen LogP contribution in [0.4, 0.5) is 0 Å². The van der Waals surface area contributed by atoms with Crippen LogP contribution >= 0.6 is 0 Å². The van der Waals surface area contributed by atoms with Crippen molar-refractivity contribution < 1.29 is 14.0 Å². The highest BCUT2D eigenvalue weighted by Gasteiger charge is 2.36. The average Bonchev–Trinajstić information content (AvgIpc) is 2.34. The van der Waals surface area contributed by atoms with Crippen LogP contribution in [-0.4, -0.2) is 20.9 Å². The summed E-state index contributed by atoms with van der Waals surface area (Å²) in [6.45, 7) is 15.1. The molecule has 0 unspecified atom stereocenters. The van der Waals surface area contributed by atoms with Gasteiger partial charge in [0, 0.05) is 12.5 Å². The van der Waals surface area contributed by atoms with Gasteiger partial charge in [-0.2, -0.15) is 0 Å². The smallest absolute Gasteiger partial charge is 0.308 e. The molecule has 4 heteroatoms. The minimum absolute atomic E-state index is 0.202. The fourth-order valence-electron chi connectivity index (χ4n) is 1.67. The summed E-state index contributed by atoms with van der Waals surface area (Å²) in [7, 11) is -1.73. The Kier molecular flexibility index (Phi) is 6.14. The van der Waals surface area contributed by atoms with Gasteiger partial charge < -0.3 is 9.16 Å². The maximum absolute atomic E-state index is 11.2. The molecule has 0 aliphatic heterocycles. The van der Waals surface area contributed by atoms with Crippen LogP contribution in [0.15, 0.2) is 24.3 Å². The Labute approximate surface area is 135 Å². The van der Waals surface area contributed by atoms with Gasteiger partial charge in [0.25, 0.3) is 0 Å². The molecular formula is C18H28O3Si. The van der Waals surface area contributed by atoms with E-state index in [4.69, 9.17) is 9.16 Å². The number of benzene rings is 1. The third-order valence-electron chi connectivity index (χ3n) is 4.07. The van der Waals surface area contributed by atoms with Gasteiger partial charge in [0.05, 0.1) is 6.61 Å². The number of carbonyl (C=O) groups excluding carboxylic acids is 1. The summed E-state index contributed by atoms with van der Waals surface area (Å²) in [5, 5.41) is 0.202. The molecule has 1 rings (SSSR count). The van der Waals surface area contributed by atoms with Crippen LogP contribution in [0.5, 0.6) is 5.75 Å². The zero-order chi connectivity index (χ0) is 17.0. The predicted molar refractivity (Wildman–Crippen MR) is 94.7 cm³/mol. The molecule has 0 saturated heterocycles. The normalized spacial score (nSPS) is 12.7. The van der Waals surface area contributed by atoms with Gasteiger partial charge in [0.1, 0.15) is 5.75 Å². The molecular weight excluding hydrogens is 292 g/mol. The van der Waals surface area contributed by atoms with Gasteiger partial charge in [0.2, 0.25) is 0 Å². The summed E-state index contributed by atoms with van der Waals surface area (Å²) in [6, 6.07) is 5.83. The number of rotatable bonds is 5. The molecule has 0 radical (unpaired) electrons. The molecule has 3 nitrogen and oxygen atoms in total. The molecule has 0 N–H and O–H groups in total. The second-order valence-corrected chi connectivity index (χ2v) is 11.9. The molecule has 0 aliphatic rings. The lowest BCUT2D eigenvalue weighted by Gasteiger charge is -2.35. The van der Waals surface area contributed by atoms with E-state index >= 15 is 0 Å². The van der Waals surface area contributed by atoms with Crippen molar-refractivity contribution in [2.24, 2.45) is 0 Å². The van der Waals surface area contributed by atoms with Crippen molar-refractivity contribution in [2.75, 3.05) is 6.61 Å². The van der Waals surface area contributed by atoms with Crippen LogP contribution in [0.3, 0.4) is 0 Å². The fraction of sp³-hybridized carbons (Fsp3) is 0.500. The summed E-state index contributed by atoms with van der Waals surface area (Å²) in [6.07, 6.45) is 3.93. The lowest BCUT2D eigenvalue weighted by atomic mass is 10.1. The number of ether oxygens (including phenoxy) is 1. The molecule has 0 heterocycles. The molecule has 0 bridgehead atoms. The van der Waals surface area contributed by atoms with Crippen LogP contribution < -0.4 is 4.74 Å². The molecule has 1 aromatic rings. The Balaban J connectivity index is 2.77. The highest BCUT2D eigenvalue weighted by molar-refractivity contribution is 6.74. The van der Waals surface area contributed by atoms with E-state index < -0.39 is 8.32 Å². The van der Waals surface area contributed by atoms with Crippen molar-refractivity contribution in [1.29, 1.82) is 0 Å². The Hall–Kier alpha value is -1.39. The summed E-state index contributed by atoms with van der Waals surface area (Å²) in [5.74, 6) is 0.286. The van der Waals surface area contributed by atoms with Crippen LogP contribution in [0, 0.1) is 6.92 Å². The third-order valence-corrected chi connectivity index (χ3v) is 8.57. The van der Waals surface area contributed by atoms with E-state index in [9.17, 15) is 4.79 Å². The Bertz CT molecular complexity index is 554. The van der Waals surface area contributed by atoms with Gasteiger partial charge in [-0.3, -0.25) is 4.79 Å². The van der Waals surface area contributed by atoms with E-state index in [2.05, 4.69) is 33.9 Å². The number of hydrogen-bond acceptors (Lipinski definition) is 3. The Morgan fingerprint density at radius 3 is 2.45 bits per heavy atom. The summed E-state index contributed by atoms with van der Waals surface area (Å²) < 4.78 is 11.4. The zero-order valence-corrected chi connectivity index (χ0v) is 15.8. The number of aryl methyl sites for hydroxylation is 1. The van der Waals surface area contributed by atoms with Crippen LogP contribution in [0.25, 0.3) is 6.08 Å². The standard InChI is InChI=1S/C18H28O3Si/c1-14-10-11-16(17(13-14)21-15(2)19)9-8-12-20-22(6,7)18(3,4)5/h8-11,13H,12H2,1-7H3/b9-8-. The molecule has 0 fully saturated rings. The van der Waals surface area contributed by atoms with Crippen LogP contribution in [-0.2, 0) is 9.22 Å². The number of esters is 1. The molecule has 0 atom stereocenters. The summed E-state index contributed by atoms with van der Waals surface area (Å²) >= 11 is 0. The molecule has 22 heavy (non-hydrogen) atoms. The first kappa shape index (κ1) is 18.7. The second kappa shape index (κ2) is 7.25. The van der Waals surface area contributed by atoms with Gasteiger partial charge >= 0.3 is 5.97 Å². The number of hydrogen-bond donors (Lipinski definition) is 0. The molecule has 0 aromatic heterocycles. The van der Waals surface area contributed by atoms with E-state index in [1.165, 1.54) is 6.92 Å². The van der Waals surface area contributed by atoms with Gasteiger partial charge in [0.15, 0.2) is 8.32 Å². The van der Waals surface area contributed by atoms with Gasteiger partial charge in [-0.1, -0.05) is 45.1 Å². The minimum atomic E-state index is -1.73. The van der Waals surface area contributed by atoms with E-state index in [0.29, 0.717) is 12.4 Å². The van der Waals surface area contributed by atoms with E-state index in [1.807, 2.05) is 37.3 Å². The van der Waals surface area contributed by atoms with Crippen molar-refractivity contribution in [3.05, 3.63) is 35.4 Å². The van der Waals surface area contributed by atoms with E-state index in [1.54, 1.807) is 0 Å². The van der Waals surface area contributed by atoms with Gasteiger partial charge in [-0.25, -0.2) is 0 Å². The average molecular weight is 321 g/mol. The zero-order valence-electron chi connectivity index (χ0n) is 14.8. The van der Waals surface area contributed by atoms with Crippen molar-refractivity contribution in [1.82, 2.24) is 0 Å². The SMILES string of the molecule is CC(=O)Oc1cc(C)ccc1/C=C\CO[Si](C)(C)C(C)(C)C. The van der Waals surface area contributed by atoms with Crippen molar-refractivity contribution in [3.8, 4) is 5.75 Å². The minimum Gasteiger partial charge on any atom is -0.426 e. The highest BCUT2D eigenvalue weighted by atomic mass is 28.4. The summed E-state index contributed by atoms with van der Waals surface area (Å²) in [4.78, 5) is 11.2. The van der Waals surface area contributed by atoms with E-state index in [-0.39, 0.29) is 11.0 Å². The van der Waals surface area contributed by atoms with Crippen molar-refractivity contribution >= 4 is 20.4 Å². The van der Waals surface area contributed by atoms with Gasteiger partial charge in [-0.15, -0.1) is 0 Å². The maximum atomic E-state index is 11.2. The fourth-order valence-corrected chi connectivity index (χ4v) is 2.62. The molecule has 0 amide bonds. The first-order valence-electron chi connectivity index (χ1n) is 7.62. The molecule has 1 aromatic carbocycles. The van der Waals surface area contributed by atoms with Crippen LogP contribution in [0.1, 0.15) is 38.8 Å². The van der Waals surface area contributed by atoms with Crippen molar-refractivity contribution in [3.63, 3.8) is 0 Å². The lowest BCUT2D eigenvalue weighted by molar-refractivity contribution is -0.131. The predicted octanol–water partition coefficient (Wildman–Crippen LogP) is 4.96. The summed E-state index contributed by atoms with van der Waals surface area (Å²) in [5.41, 5.74) is 1.95.